The summed E-state index contributed by atoms with van der Waals surface area (Å²) in [6, 6.07) is 6.32. The highest BCUT2D eigenvalue weighted by Crippen LogP contribution is 2.26. The quantitative estimate of drug-likeness (QED) is 0.897. The fourth-order valence-electron chi connectivity index (χ4n) is 1.22. The molecule has 0 fully saturated rings. The molecule has 0 saturated heterocycles. The Morgan fingerprint density at radius 3 is 2.54 bits per heavy atom. The lowest BCUT2D eigenvalue weighted by molar-refractivity contribution is 0.638. The molecule has 1 aromatic carbocycles. The second-order valence-electron chi connectivity index (χ2n) is 3.07. The van der Waals surface area contributed by atoms with E-state index in [4.69, 9.17) is 5.73 Å². The summed E-state index contributed by atoms with van der Waals surface area (Å²) in [5.41, 5.74) is 7.18. The average Bonchev–Trinajstić information content (AvgIpc) is 2.10. The smallest absolute Gasteiger partial charge is 0.0320 e. The molecule has 0 aliphatic rings. The highest BCUT2D eigenvalue weighted by atomic mass is 79.9. The van der Waals surface area contributed by atoms with Crippen LogP contribution < -0.4 is 5.73 Å². The van der Waals surface area contributed by atoms with Crippen LogP contribution in [0, 0.1) is 0 Å². The highest BCUT2D eigenvalue weighted by molar-refractivity contribution is 9.13. The van der Waals surface area contributed by atoms with Crippen molar-refractivity contribution in [3.05, 3.63) is 32.7 Å². The molecular weight excluding hydrogens is 294 g/mol. The van der Waals surface area contributed by atoms with Crippen molar-refractivity contribution in [2.75, 3.05) is 0 Å². The molecule has 1 aromatic rings. The van der Waals surface area contributed by atoms with Crippen LogP contribution in [0.4, 0.5) is 0 Å². The van der Waals surface area contributed by atoms with E-state index in [1.54, 1.807) is 0 Å². The third-order valence-electron chi connectivity index (χ3n) is 1.97. The van der Waals surface area contributed by atoms with E-state index < -0.39 is 0 Å². The molecule has 0 bridgehead atoms. The zero-order valence-electron chi connectivity index (χ0n) is 7.56. The monoisotopic (exact) mass is 305 g/mol. The van der Waals surface area contributed by atoms with E-state index >= 15 is 0 Å². The molecule has 3 heteroatoms. The van der Waals surface area contributed by atoms with Crippen molar-refractivity contribution < 1.29 is 0 Å². The van der Waals surface area contributed by atoms with Gasteiger partial charge in [-0.05, 0) is 56.0 Å². The van der Waals surface area contributed by atoms with E-state index in [1.807, 2.05) is 6.07 Å². The first-order valence-corrected chi connectivity index (χ1v) is 5.94. The number of rotatable bonds is 3. The van der Waals surface area contributed by atoms with Gasteiger partial charge < -0.3 is 5.73 Å². The molecule has 13 heavy (non-hydrogen) atoms. The zero-order chi connectivity index (χ0) is 9.84. The first kappa shape index (κ1) is 11.2. The van der Waals surface area contributed by atoms with Crippen LogP contribution in [0.15, 0.2) is 27.1 Å². The van der Waals surface area contributed by atoms with Crippen LogP contribution in [0.2, 0.25) is 0 Å². The first-order chi connectivity index (χ1) is 6.15. The van der Waals surface area contributed by atoms with Crippen molar-refractivity contribution in [2.45, 2.75) is 25.8 Å². The second-order valence-corrected chi connectivity index (χ2v) is 4.78. The topological polar surface area (TPSA) is 26.0 Å². The number of halogens is 2. The summed E-state index contributed by atoms with van der Waals surface area (Å²) in [6.45, 7) is 2.15. The highest BCUT2D eigenvalue weighted by Gasteiger charge is 2.06. The minimum absolute atomic E-state index is 0.161. The molecule has 0 heterocycles. The van der Waals surface area contributed by atoms with Crippen molar-refractivity contribution in [1.29, 1.82) is 0 Å². The Morgan fingerprint density at radius 2 is 2.00 bits per heavy atom. The standard InChI is InChI=1S/C10H13Br2N/c1-2-3-10(13)7-4-5-8(11)9(12)6-7/h4-6,10H,2-3,13H2,1H3/t10-/m0/s1. The number of hydrogen-bond donors (Lipinski definition) is 1. The molecule has 0 saturated carbocycles. The van der Waals surface area contributed by atoms with Crippen molar-refractivity contribution in [2.24, 2.45) is 5.73 Å². The third-order valence-corrected chi connectivity index (χ3v) is 3.85. The van der Waals surface area contributed by atoms with Gasteiger partial charge in [-0.15, -0.1) is 0 Å². The molecule has 0 spiro atoms. The van der Waals surface area contributed by atoms with Gasteiger partial charge >= 0.3 is 0 Å². The van der Waals surface area contributed by atoms with Gasteiger partial charge in [0.1, 0.15) is 0 Å². The van der Waals surface area contributed by atoms with Crippen LogP contribution in [0.5, 0.6) is 0 Å². The van der Waals surface area contributed by atoms with Gasteiger partial charge in [-0.25, -0.2) is 0 Å². The predicted molar refractivity (Wildman–Crippen MR) is 63.7 cm³/mol. The Bertz CT molecular complexity index is 286. The lowest BCUT2D eigenvalue weighted by Gasteiger charge is -2.11. The summed E-state index contributed by atoms with van der Waals surface area (Å²) in [5, 5.41) is 0. The van der Waals surface area contributed by atoms with Crippen molar-refractivity contribution in [1.82, 2.24) is 0 Å². The van der Waals surface area contributed by atoms with Crippen molar-refractivity contribution in [3.8, 4) is 0 Å². The van der Waals surface area contributed by atoms with Crippen LogP contribution in [0.1, 0.15) is 31.4 Å². The number of nitrogens with two attached hydrogens (primary N) is 1. The molecule has 1 nitrogen and oxygen atoms in total. The predicted octanol–water partition coefficient (Wildman–Crippen LogP) is 4.01. The fraction of sp³-hybridized carbons (Fsp3) is 0.400. The Labute approximate surface area is 96.0 Å². The van der Waals surface area contributed by atoms with Crippen LogP contribution in [-0.2, 0) is 0 Å². The molecule has 0 aliphatic carbocycles. The van der Waals surface area contributed by atoms with Crippen LogP contribution >= 0.6 is 31.9 Å². The second kappa shape index (κ2) is 5.13. The van der Waals surface area contributed by atoms with E-state index in [2.05, 4.69) is 50.9 Å². The fourth-order valence-corrected chi connectivity index (χ4v) is 1.86. The molecule has 1 rings (SSSR count). The summed E-state index contributed by atoms with van der Waals surface area (Å²) in [6.07, 6.45) is 2.16. The number of hydrogen-bond acceptors (Lipinski definition) is 1. The van der Waals surface area contributed by atoms with E-state index in [1.165, 1.54) is 5.56 Å². The summed E-state index contributed by atoms with van der Waals surface area (Å²) in [4.78, 5) is 0. The molecule has 0 aliphatic heterocycles. The minimum atomic E-state index is 0.161. The summed E-state index contributed by atoms with van der Waals surface area (Å²) < 4.78 is 2.14. The lowest BCUT2D eigenvalue weighted by atomic mass is 10.0. The van der Waals surface area contributed by atoms with Crippen LogP contribution in [-0.4, -0.2) is 0 Å². The van der Waals surface area contributed by atoms with E-state index in [9.17, 15) is 0 Å². The maximum atomic E-state index is 5.99. The Morgan fingerprint density at radius 1 is 1.31 bits per heavy atom. The zero-order valence-corrected chi connectivity index (χ0v) is 10.7. The Hall–Kier alpha value is 0.140. The normalized spacial score (nSPS) is 12.9. The van der Waals surface area contributed by atoms with Crippen molar-refractivity contribution in [3.63, 3.8) is 0 Å². The van der Waals surface area contributed by atoms with Crippen molar-refractivity contribution >= 4 is 31.9 Å². The maximum absolute atomic E-state index is 5.99. The van der Waals surface area contributed by atoms with Gasteiger partial charge in [0, 0.05) is 15.0 Å². The molecule has 0 radical (unpaired) electrons. The molecule has 72 valence electrons. The maximum Gasteiger partial charge on any atom is 0.0320 e. The molecular formula is C10H13Br2N. The molecule has 0 unspecified atom stereocenters. The van der Waals surface area contributed by atoms with Gasteiger partial charge in [-0.3, -0.25) is 0 Å². The largest absolute Gasteiger partial charge is 0.324 e. The van der Waals surface area contributed by atoms with Gasteiger partial charge in [0.05, 0.1) is 0 Å². The average molecular weight is 307 g/mol. The van der Waals surface area contributed by atoms with Crippen LogP contribution in [0.3, 0.4) is 0 Å². The Kier molecular flexibility index (Phi) is 4.42. The van der Waals surface area contributed by atoms with E-state index in [0.29, 0.717) is 0 Å². The molecule has 1 atom stereocenters. The SMILES string of the molecule is CCC[C@H](N)c1ccc(Br)c(Br)c1. The van der Waals surface area contributed by atoms with Gasteiger partial charge in [0.15, 0.2) is 0 Å². The molecule has 0 aromatic heterocycles. The summed E-state index contributed by atoms with van der Waals surface area (Å²) >= 11 is 6.89. The van der Waals surface area contributed by atoms with Crippen LogP contribution in [0.25, 0.3) is 0 Å². The third kappa shape index (κ3) is 3.08. The summed E-state index contributed by atoms with van der Waals surface area (Å²) in [7, 11) is 0. The van der Waals surface area contributed by atoms with Gasteiger partial charge in [-0.2, -0.15) is 0 Å². The Balaban J connectivity index is 2.84. The van der Waals surface area contributed by atoms with Gasteiger partial charge in [0.2, 0.25) is 0 Å². The molecule has 0 amide bonds. The van der Waals surface area contributed by atoms with Gasteiger partial charge in [-0.1, -0.05) is 19.4 Å². The van der Waals surface area contributed by atoms with Gasteiger partial charge in [0.25, 0.3) is 0 Å². The minimum Gasteiger partial charge on any atom is -0.324 e. The van der Waals surface area contributed by atoms with E-state index in [0.717, 1.165) is 21.8 Å². The summed E-state index contributed by atoms with van der Waals surface area (Å²) in [5.74, 6) is 0. The first-order valence-electron chi connectivity index (χ1n) is 4.35. The van der Waals surface area contributed by atoms with E-state index in [-0.39, 0.29) is 6.04 Å². The lowest BCUT2D eigenvalue weighted by Crippen LogP contribution is -2.09. The number of benzene rings is 1. The molecule has 2 N–H and O–H groups in total.